The van der Waals surface area contributed by atoms with E-state index in [0.29, 0.717) is 0 Å². The van der Waals surface area contributed by atoms with Crippen LogP contribution in [0.3, 0.4) is 0 Å². The van der Waals surface area contributed by atoms with Crippen molar-refractivity contribution in [2.75, 3.05) is 33.2 Å². The molecule has 0 amide bonds. The number of H-pyrrole nitrogens is 1. The summed E-state index contributed by atoms with van der Waals surface area (Å²) in [5, 5.41) is 2.27. The summed E-state index contributed by atoms with van der Waals surface area (Å²) in [5.74, 6) is 0.977. The van der Waals surface area contributed by atoms with E-state index < -0.39 is 0 Å². The average molecular weight is 209 g/mol. The van der Waals surface area contributed by atoms with Crippen molar-refractivity contribution in [1.29, 1.82) is 0 Å². The predicted molar refractivity (Wildman–Crippen MR) is 59.2 cm³/mol. The number of aromatic amines is 1. The van der Waals surface area contributed by atoms with Gasteiger partial charge in [-0.1, -0.05) is 0 Å². The first-order chi connectivity index (χ1) is 7.24. The van der Waals surface area contributed by atoms with Crippen molar-refractivity contribution in [2.45, 2.75) is 13.5 Å². The predicted octanol–water partition coefficient (Wildman–Crippen LogP) is -0.0299. The van der Waals surface area contributed by atoms with Crippen LogP contribution in [0.1, 0.15) is 11.5 Å². The Kier molecular flexibility index (Phi) is 3.35. The van der Waals surface area contributed by atoms with Gasteiger partial charge < -0.3 is 9.88 Å². The van der Waals surface area contributed by atoms with E-state index in [4.69, 9.17) is 0 Å². The third kappa shape index (κ3) is 3.02. The van der Waals surface area contributed by atoms with Gasteiger partial charge in [0, 0.05) is 32.4 Å². The number of aromatic nitrogens is 2. The molecule has 5 nitrogen and oxygen atoms in total. The fourth-order valence-corrected chi connectivity index (χ4v) is 1.72. The molecule has 0 saturated carbocycles. The zero-order valence-electron chi connectivity index (χ0n) is 9.45. The third-order valence-electron chi connectivity index (χ3n) is 2.75. The third-order valence-corrected chi connectivity index (χ3v) is 2.75. The molecule has 2 heterocycles. The number of rotatable bonds is 3. The highest BCUT2D eigenvalue weighted by Gasteiger charge is 2.12. The maximum absolute atomic E-state index is 4.17. The molecule has 1 aliphatic rings. The highest BCUT2D eigenvalue weighted by Crippen LogP contribution is 1.98. The van der Waals surface area contributed by atoms with Gasteiger partial charge in [0.05, 0.1) is 12.2 Å². The van der Waals surface area contributed by atoms with Crippen molar-refractivity contribution in [3.8, 4) is 0 Å². The van der Waals surface area contributed by atoms with Crippen LogP contribution in [0, 0.1) is 6.92 Å². The number of aryl methyl sites for hydroxylation is 1. The van der Waals surface area contributed by atoms with Gasteiger partial charge in [0.1, 0.15) is 5.82 Å². The van der Waals surface area contributed by atoms with Crippen molar-refractivity contribution in [1.82, 2.24) is 25.3 Å². The lowest BCUT2D eigenvalue weighted by Crippen LogP contribution is -2.50. The van der Waals surface area contributed by atoms with E-state index in [0.717, 1.165) is 44.2 Å². The Morgan fingerprint density at radius 3 is 2.73 bits per heavy atom. The molecule has 0 unspecified atom stereocenters. The minimum atomic E-state index is 0.838. The second-order valence-corrected chi connectivity index (χ2v) is 4.12. The topological polar surface area (TPSA) is 47.2 Å². The smallest absolute Gasteiger partial charge is 0.103 e. The van der Waals surface area contributed by atoms with Gasteiger partial charge in [0.15, 0.2) is 0 Å². The van der Waals surface area contributed by atoms with Gasteiger partial charge >= 0.3 is 0 Å². The lowest BCUT2D eigenvalue weighted by atomic mass is 10.4. The molecule has 0 aliphatic carbocycles. The standard InChI is InChI=1S/C10H19N5/c1-9-11-7-10(13-9)8-12-15-5-3-14(2)4-6-15/h7,12H,3-6,8H2,1-2H3,(H,11,13). The number of hydrazine groups is 1. The number of imidazole rings is 1. The minimum absolute atomic E-state index is 0.838. The number of piperazine rings is 1. The van der Waals surface area contributed by atoms with Gasteiger partial charge in [-0.15, -0.1) is 0 Å². The number of nitrogens with one attached hydrogen (secondary N) is 2. The Labute approximate surface area is 90.4 Å². The maximum atomic E-state index is 4.17. The van der Waals surface area contributed by atoms with E-state index in [1.807, 2.05) is 13.1 Å². The number of hydrogen-bond donors (Lipinski definition) is 2. The monoisotopic (exact) mass is 209 g/mol. The summed E-state index contributed by atoms with van der Waals surface area (Å²) in [6, 6.07) is 0. The first kappa shape index (κ1) is 10.6. The van der Waals surface area contributed by atoms with Crippen molar-refractivity contribution in [3.05, 3.63) is 17.7 Å². The molecule has 1 aromatic rings. The minimum Gasteiger partial charge on any atom is -0.345 e. The highest BCUT2D eigenvalue weighted by atomic mass is 15.5. The van der Waals surface area contributed by atoms with Gasteiger partial charge in [-0.2, -0.15) is 0 Å². The van der Waals surface area contributed by atoms with E-state index in [9.17, 15) is 0 Å². The first-order valence-corrected chi connectivity index (χ1v) is 5.41. The Hall–Kier alpha value is -0.910. The molecule has 0 radical (unpaired) electrons. The zero-order chi connectivity index (χ0) is 10.7. The van der Waals surface area contributed by atoms with Gasteiger partial charge in [0.25, 0.3) is 0 Å². The van der Waals surface area contributed by atoms with Crippen molar-refractivity contribution in [3.63, 3.8) is 0 Å². The molecule has 15 heavy (non-hydrogen) atoms. The van der Waals surface area contributed by atoms with E-state index in [1.165, 1.54) is 0 Å². The molecule has 0 spiro atoms. The van der Waals surface area contributed by atoms with Crippen LogP contribution < -0.4 is 5.43 Å². The van der Waals surface area contributed by atoms with Crippen LogP contribution in [-0.2, 0) is 6.54 Å². The van der Waals surface area contributed by atoms with Crippen LogP contribution >= 0.6 is 0 Å². The summed E-state index contributed by atoms with van der Waals surface area (Å²) in [6.07, 6.45) is 1.89. The maximum Gasteiger partial charge on any atom is 0.103 e. The lowest BCUT2D eigenvalue weighted by molar-refractivity contribution is 0.102. The average Bonchev–Trinajstić information content (AvgIpc) is 2.64. The summed E-state index contributed by atoms with van der Waals surface area (Å²) in [4.78, 5) is 9.73. The molecule has 1 aliphatic heterocycles. The molecule has 0 aromatic carbocycles. The molecule has 0 atom stereocenters. The molecule has 1 aromatic heterocycles. The van der Waals surface area contributed by atoms with Gasteiger partial charge in [-0.05, 0) is 14.0 Å². The second kappa shape index (κ2) is 4.74. The van der Waals surface area contributed by atoms with E-state index >= 15 is 0 Å². The summed E-state index contributed by atoms with van der Waals surface area (Å²) in [6.45, 7) is 7.25. The molecule has 2 rings (SSSR count). The van der Waals surface area contributed by atoms with Gasteiger partial charge in [0.2, 0.25) is 0 Å². The molecule has 1 saturated heterocycles. The van der Waals surface area contributed by atoms with Crippen LogP contribution in [0.15, 0.2) is 6.20 Å². The molecule has 5 heteroatoms. The normalized spacial score (nSPS) is 19.6. The molecule has 84 valence electrons. The largest absolute Gasteiger partial charge is 0.345 e. The Bertz CT molecular complexity index is 301. The number of nitrogens with zero attached hydrogens (tertiary/aromatic N) is 3. The van der Waals surface area contributed by atoms with Crippen LogP contribution in [0.25, 0.3) is 0 Å². The molecule has 2 N–H and O–H groups in total. The van der Waals surface area contributed by atoms with E-state index in [1.54, 1.807) is 0 Å². The first-order valence-electron chi connectivity index (χ1n) is 5.41. The SMILES string of the molecule is Cc1ncc(CNN2CCN(C)CC2)[nH]1. The molecular formula is C10H19N5. The number of hydrogen-bond acceptors (Lipinski definition) is 4. The molecular weight excluding hydrogens is 190 g/mol. The Morgan fingerprint density at radius 1 is 1.40 bits per heavy atom. The Balaban J connectivity index is 1.74. The van der Waals surface area contributed by atoms with Crippen molar-refractivity contribution >= 4 is 0 Å². The second-order valence-electron chi connectivity index (χ2n) is 4.12. The van der Waals surface area contributed by atoms with Crippen LogP contribution in [0.5, 0.6) is 0 Å². The zero-order valence-corrected chi connectivity index (χ0v) is 9.45. The summed E-state index contributed by atoms with van der Waals surface area (Å²) < 4.78 is 0. The summed E-state index contributed by atoms with van der Waals surface area (Å²) >= 11 is 0. The Morgan fingerprint density at radius 2 is 2.13 bits per heavy atom. The highest BCUT2D eigenvalue weighted by molar-refractivity contribution is 4.98. The van der Waals surface area contributed by atoms with Crippen LogP contribution in [0.2, 0.25) is 0 Å². The fraction of sp³-hybridized carbons (Fsp3) is 0.700. The van der Waals surface area contributed by atoms with Gasteiger partial charge in [-0.3, -0.25) is 0 Å². The summed E-state index contributed by atoms with van der Waals surface area (Å²) in [5.41, 5.74) is 4.55. The van der Waals surface area contributed by atoms with E-state index in [2.05, 4.69) is 32.4 Å². The van der Waals surface area contributed by atoms with Gasteiger partial charge in [-0.25, -0.2) is 15.4 Å². The fourth-order valence-electron chi connectivity index (χ4n) is 1.72. The number of likely N-dealkylation sites (N-methyl/N-ethyl adjacent to an activating group) is 1. The summed E-state index contributed by atoms with van der Waals surface area (Å²) in [7, 11) is 2.16. The van der Waals surface area contributed by atoms with Crippen LogP contribution in [-0.4, -0.2) is 53.1 Å². The van der Waals surface area contributed by atoms with E-state index in [-0.39, 0.29) is 0 Å². The van der Waals surface area contributed by atoms with Crippen LogP contribution in [0.4, 0.5) is 0 Å². The molecule has 0 bridgehead atoms. The van der Waals surface area contributed by atoms with Crippen molar-refractivity contribution in [2.24, 2.45) is 0 Å². The van der Waals surface area contributed by atoms with Crippen molar-refractivity contribution < 1.29 is 0 Å². The lowest BCUT2D eigenvalue weighted by Gasteiger charge is -2.32. The quantitative estimate of drug-likeness (QED) is 0.734. The molecule has 1 fully saturated rings.